The number of rotatable bonds is 3. The predicted octanol–water partition coefficient (Wildman–Crippen LogP) is 0.142. The molecule has 0 bridgehead atoms. The molecule has 2 heteroatoms. The molecule has 0 saturated carbocycles. The first-order chi connectivity index (χ1) is 3.91. The summed E-state index contributed by atoms with van der Waals surface area (Å²) in [6, 6.07) is 0. The van der Waals surface area contributed by atoms with E-state index in [2.05, 4.69) is 10.7 Å². The van der Waals surface area contributed by atoms with E-state index in [4.69, 9.17) is 11.5 Å². The fraction of sp³-hybridized carbons (Fsp3) is 0.333. The van der Waals surface area contributed by atoms with Gasteiger partial charge in [-0.15, -0.1) is 6.42 Å². The summed E-state index contributed by atoms with van der Waals surface area (Å²) < 4.78 is 4.65. The Morgan fingerprint density at radius 1 is 1.75 bits per heavy atom. The van der Waals surface area contributed by atoms with E-state index in [9.17, 15) is 0 Å². The zero-order chi connectivity index (χ0) is 6.24. The molecule has 0 aliphatic carbocycles. The smallest absolute Gasteiger partial charge is 0.147 e. The van der Waals surface area contributed by atoms with E-state index in [1.165, 1.54) is 12.3 Å². The number of aliphatic hydroxyl groups is 1. The first-order valence-electron chi connectivity index (χ1n) is 2.22. The molecular weight excluding hydrogens is 104 g/mol. The van der Waals surface area contributed by atoms with Crippen LogP contribution in [0.25, 0.3) is 0 Å². The van der Waals surface area contributed by atoms with Gasteiger partial charge in [-0.25, -0.2) is 0 Å². The van der Waals surface area contributed by atoms with Crippen LogP contribution in [0.15, 0.2) is 12.3 Å². The minimum absolute atomic E-state index is 0.00935. The van der Waals surface area contributed by atoms with Gasteiger partial charge in [-0.05, 0) is 6.08 Å². The molecule has 0 heterocycles. The molecule has 0 saturated heterocycles. The van der Waals surface area contributed by atoms with Gasteiger partial charge in [0.25, 0.3) is 0 Å². The van der Waals surface area contributed by atoms with Crippen molar-refractivity contribution < 1.29 is 9.84 Å². The monoisotopic (exact) mass is 112 g/mol. The molecule has 0 aromatic carbocycles. The van der Waals surface area contributed by atoms with Gasteiger partial charge in [-0.2, -0.15) is 0 Å². The fourth-order valence-corrected chi connectivity index (χ4v) is 0.207. The van der Waals surface area contributed by atoms with E-state index in [1.54, 1.807) is 0 Å². The molecule has 0 radical (unpaired) electrons. The molecule has 0 aromatic rings. The molecule has 0 amide bonds. The van der Waals surface area contributed by atoms with Gasteiger partial charge in [0.1, 0.15) is 6.61 Å². The van der Waals surface area contributed by atoms with Gasteiger partial charge in [0, 0.05) is 0 Å². The van der Waals surface area contributed by atoms with Gasteiger partial charge in [0.05, 0.1) is 12.9 Å². The van der Waals surface area contributed by atoms with Crippen LogP contribution in [0.1, 0.15) is 0 Å². The Morgan fingerprint density at radius 3 is 3.00 bits per heavy atom. The minimum atomic E-state index is -0.00935. The van der Waals surface area contributed by atoms with Crippen molar-refractivity contribution in [1.82, 2.24) is 0 Å². The second-order valence-electron chi connectivity index (χ2n) is 1.07. The van der Waals surface area contributed by atoms with Crippen molar-refractivity contribution in [2.24, 2.45) is 0 Å². The zero-order valence-corrected chi connectivity index (χ0v) is 4.50. The van der Waals surface area contributed by atoms with Crippen LogP contribution in [-0.4, -0.2) is 18.3 Å². The summed E-state index contributed by atoms with van der Waals surface area (Å²) in [6.45, 7) is 0.251. The van der Waals surface area contributed by atoms with Gasteiger partial charge in [-0.3, -0.25) is 0 Å². The second-order valence-corrected chi connectivity index (χ2v) is 1.07. The molecule has 0 unspecified atom stereocenters. The van der Waals surface area contributed by atoms with Gasteiger partial charge >= 0.3 is 0 Å². The van der Waals surface area contributed by atoms with E-state index in [0.717, 1.165) is 0 Å². The lowest BCUT2D eigenvalue weighted by molar-refractivity contribution is 0.285. The summed E-state index contributed by atoms with van der Waals surface area (Å²) >= 11 is 0. The molecule has 1 N–H and O–H groups in total. The number of hydrogen-bond acceptors (Lipinski definition) is 2. The van der Waals surface area contributed by atoms with Crippen LogP contribution in [-0.2, 0) is 4.74 Å². The van der Waals surface area contributed by atoms with E-state index in [-0.39, 0.29) is 13.2 Å². The van der Waals surface area contributed by atoms with Crippen molar-refractivity contribution in [1.29, 1.82) is 0 Å². The SMILES string of the molecule is C#CCO/C=C/CO. The van der Waals surface area contributed by atoms with Crippen molar-refractivity contribution >= 4 is 0 Å². The molecule has 0 spiro atoms. The normalized spacial score (nSPS) is 9.00. The lowest BCUT2D eigenvalue weighted by Gasteiger charge is -1.87. The Hall–Kier alpha value is -0.940. The minimum Gasteiger partial charge on any atom is -0.489 e. The molecule has 44 valence electrons. The Kier molecular flexibility index (Phi) is 5.35. The molecule has 0 aliphatic heterocycles. The van der Waals surface area contributed by atoms with Crippen LogP contribution in [0.2, 0.25) is 0 Å². The quantitative estimate of drug-likeness (QED) is 0.320. The fourth-order valence-electron chi connectivity index (χ4n) is 0.207. The molecule has 0 atom stereocenters. The van der Waals surface area contributed by atoms with Crippen LogP contribution in [0, 0.1) is 12.3 Å². The molecule has 2 nitrogen and oxygen atoms in total. The highest BCUT2D eigenvalue weighted by atomic mass is 16.5. The Labute approximate surface area is 48.8 Å². The van der Waals surface area contributed by atoms with Crippen LogP contribution >= 0.6 is 0 Å². The second kappa shape index (κ2) is 6.06. The Balaban J connectivity index is 2.94. The summed E-state index contributed by atoms with van der Waals surface area (Å²) in [7, 11) is 0. The third kappa shape index (κ3) is 5.06. The standard InChI is InChI=1S/C6H8O2/c1-2-5-8-6-3-4-7/h1,3,6-7H,4-5H2/b6-3+. The highest BCUT2D eigenvalue weighted by Crippen LogP contribution is 1.73. The highest BCUT2D eigenvalue weighted by Gasteiger charge is 1.68. The van der Waals surface area contributed by atoms with Crippen LogP contribution in [0.3, 0.4) is 0 Å². The average molecular weight is 112 g/mol. The zero-order valence-electron chi connectivity index (χ0n) is 4.50. The van der Waals surface area contributed by atoms with Crippen LogP contribution < -0.4 is 0 Å². The van der Waals surface area contributed by atoms with Gasteiger partial charge < -0.3 is 9.84 Å². The molecular formula is C6H8O2. The summed E-state index contributed by atoms with van der Waals surface area (Å²) in [5, 5.41) is 8.15. The molecule has 0 aliphatic rings. The maximum atomic E-state index is 8.15. The largest absolute Gasteiger partial charge is 0.489 e. The first-order valence-corrected chi connectivity index (χ1v) is 2.22. The van der Waals surface area contributed by atoms with Crippen molar-refractivity contribution in [2.75, 3.05) is 13.2 Å². The first kappa shape index (κ1) is 7.06. The Morgan fingerprint density at radius 2 is 2.50 bits per heavy atom. The summed E-state index contributed by atoms with van der Waals surface area (Å²) in [4.78, 5) is 0. The van der Waals surface area contributed by atoms with Crippen molar-refractivity contribution in [3.63, 3.8) is 0 Å². The summed E-state index contributed by atoms with van der Waals surface area (Å²) in [6.07, 6.45) is 7.68. The van der Waals surface area contributed by atoms with Gasteiger partial charge in [0.15, 0.2) is 0 Å². The van der Waals surface area contributed by atoms with Crippen LogP contribution in [0.4, 0.5) is 0 Å². The number of ether oxygens (including phenoxy) is 1. The van der Waals surface area contributed by atoms with Crippen LogP contribution in [0.5, 0.6) is 0 Å². The van der Waals surface area contributed by atoms with E-state index >= 15 is 0 Å². The predicted molar refractivity (Wildman–Crippen MR) is 31.0 cm³/mol. The maximum absolute atomic E-state index is 8.15. The maximum Gasteiger partial charge on any atom is 0.147 e. The average Bonchev–Trinajstić information content (AvgIpc) is 1.81. The number of hydrogen-bond donors (Lipinski definition) is 1. The van der Waals surface area contributed by atoms with E-state index < -0.39 is 0 Å². The van der Waals surface area contributed by atoms with Crippen molar-refractivity contribution in [2.45, 2.75) is 0 Å². The third-order valence-electron chi connectivity index (χ3n) is 0.465. The number of terminal acetylenes is 1. The van der Waals surface area contributed by atoms with Crippen molar-refractivity contribution in [3.05, 3.63) is 12.3 Å². The summed E-state index contributed by atoms with van der Waals surface area (Å²) in [5.74, 6) is 2.27. The lowest BCUT2D eigenvalue weighted by atomic mass is 10.7. The number of aliphatic hydroxyl groups excluding tert-OH is 1. The Bertz CT molecular complexity index is 99.6. The molecule has 8 heavy (non-hydrogen) atoms. The van der Waals surface area contributed by atoms with E-state index in [0.29, 0.717) is 0 Å². The molecule has 0 rings (SSSR count). The van der Waals surface area contributed by atoms with Gasteiger partial charge in [0.2, 0.25) is 0 Å². The lowest BCUT2D eigenvalue weighted by Crippen LogP contribution is -1.80. The third-order valence-corrected chi connectivity index (χ3v) is 0.465. The van der Waals surface area contributed by atoms with E-state index in [1.807, 2.05) is 0 Å². The molecule has 0 aromatic heterocycles. The van der Waals surface area contributed by atoms with Crippen molar-refractivity contribution in [3.8, 4) is 12.3 Å². The molecule has 0 fully saturated rings. The highest BCUT2D eigenvalue weighted by molar-refractivity contribution is 4.84. The topological polar surface area (TPSA) is 29.5 Å². The summed E-state index contributed by atoms with van der Waals surface area (Å²) in [5.41, 5.74) is 0. The van der Waals surface area contributed by atoms with Gasteiger partial charge in [-0.1, -0.05) is 5.92 Å².